The molecule has 0 aromatic rings. The highest BCUT2D eigenvalue weighted by Crippen LogP contribution is 2.15. The van der Waals surface area contributed by atoms with Gasteiger partial charge in [-0.3, -0.25) is 0 Å². The van der Waals surface area contributed by atoms with E-state index in [4.69, 9.17) is 14.4 Å². The van der Waals surface area contributed by atoms with Gasteiger partial charge in [0.15, 0.2) is 12.6 Å². The highest BCUT2D eigenvalue weighted by Gasteiger charge is 2.10. The Balaban J connectivity index is 3.35. The van der Waals surface area contributed by atoms with Gasteiger partial charge in [-0.1, -0.05) is 13.0 Å². The third-order valence-electron chi connectivity index (χ3n) is 2.39. The summed E-state index contributed by atoms with van der Waals surface area (Å²) in [6, 6.07) is 0. The summed E-state index contributed by atoms with van der Waals surface area (Å²) in [5, 5.41) is 18.8. The number of ether oxygens (including phenoxy) is 2. The van der Waals surface area contributed by atoms with E-state index in [1.165, 1.54) is 0 Å². The van der Waals surface area contributed by atoms with Crippen molar-refractivity contribution in [1.29, 1.82) is 0 Å². The highest BCUT2D eigenvalue weighted by molar-refractivity contribution is 7.32. The number of hydrogen-bond acceptors (Lipinski definition) is 6. The van der Waals surface area contributed by atoms with Crippen molar-refractivity contribution >= 4 is 8.25 Å². The van der Waals surface area contributed by atoms with Crippen LogP contribution in [0.5, 0.6) is 0 Å². The van der Waals surface area contributed by atoms with Crippen molar-refractivity contribution in [1.82, 2.24) is 0 Å². The average Bonchev–Trinajstić information content (AvgIpc) is 2.37. The molecular weight excluding hydrogens is 287 g/mol. The maximum Gasteiger partial charge on any atom is 0.694 e. The summed E-state index contributed by atoms with van der Waals surface area (Å²) >= 11 is 0. The van der Waals surface area contributed by atoms with Crippen LogP contribution >= 0.6 is 8.25 Å². The van der Waals surface area contributed by atoms with Gasteiger partial charge in [0.25, 0.3) is 0 Å². The van der Waals surface area contributed by atoms with Crippen LogP contribution in [0.1, 0.15) is 32.6 Å². The summed E-state index contributed by atoms with van der Waals surface area (Å²) in [6.07, 6.45) is 0.734. The molecule has 3 N–H and O–H groups in total. The Morgan fingerprint density at radius 1 is 1.15 bits per heavy atom. The lowest BCUT2D eigenvalue weighted by Crippen LogP contribution is -2.20. The Bertz CT molecular complexity index is 285. The molecule has 118 valence electrons. The third-order valence-corrected chi connectivity index (χ3v) is 2.79. The first-order valence-electron chi connectivity index (χ1n) is 6.47. The highest BCUT2D eigenvalue weighted by atomic mass is 31.1. The largest absolute Gasteiger partial charge is 0.694 e. The molecule has 0 saturated carbocycles. The summed E-state index contributed by atoms with van der Waals surface area (Å²) in [7, 11) is -2.52. The number of aliphatic hydroxyl groups excluding tert-OH is 2. The minimum atomic E-state index is -2.52. The second kappa shape index (κ2) is 12.3. The molecule has 0 radical (unpaired) electrons. The molecule has 7 nitrogen and oxygen atoms in total. The van der Waals surface area contributed by atoms with Gasteiger partial charge in [0.1, 0.15) is 6.61 Å². The maximum absolute atomic E-state index is 10.2. The minimum Gasteiger partial charge on any atom is -0.368 e. The first-order chi connectivity index (χ1) is 9.43. The van der Waals surface area contributed by atoms with E-state index >= 15 is 0 Å². The van der Waals surface area contributed by atoms with Crippen molar-refractivity contribution in [2.24, 2.45) is 0 Å². The fourth-order valence-corrected chi connectivity index (χ4v) is 1.60. The molecule has 3 atom stereocenters. The number of unbranched alkanes of at least 4 members (excludes halogenated alkanes) is 2. The van der Waals surface area contributed by atoms with E-state index in [1.54, 1.807) is 6.92 Å². The maximum atomic E-state index is 10.2. The van der Waals surface area contributed by atoms with Gasteiger partial charge < -0.3 is 19.7 Å². The molecule has 0 saturated heterocycles. The Morgan fingerprint density at radius 3 is 2.40 bits per heavy atom. The van der Waals surface area contributed by atoms with Gasteiger partial charge in [0.05, 0.1) is 13.2 Å². The average molecular weight is 311 g/mol. The topological polar surface area (TPSA) is 105 Å². The monoisotopic (exact) mass is 311 g/mol. The van der Waals surface area contributed by atoms with Crippen LogP contribution in [0.4, 0.5) is 0 Å². The summed E-state index contributed by atoms with van der Waals surface area (Å²) in [5.74, 6) is 0. The van der Waals surface area contributed by atoms with Crippen LogP contribution in [0.25, 0.3) is 0 Å². The summed E-state index contributed by atoms with van der Waals surface area (Å²) in [5.41, 5.74) is 0.511. The molecule has 0 spiro atoms. The molecular formula is C12H24O7P+. The molecule has 3 unspecified atom stereocenters. The van der Waals surface area contributed by atoms with Crippen LogP contribution in [0.2, 0.25) is 0 Å². The summed E-state index contributed by atoms with van der Waals surface area (Å²) in [6.45, 7) is 5.77. The lowest BCUT2D eigenvalue weighted by Gasteiger charge is -2.14. The van der Waals surface area contributed by atoms with Crippen LogP contribution in [-0.4, -0.2) is 47.5 Å². The zero-order valence-corrected chi connectivity index (χ0v) is 12.6. The molecule has 0 fully saturated rings. The smallest absolute Gasteiger partial charge is 0.368 e. The van der Waals surface area contributed by atoms with Gasteiger partial charge in [0, 0.05) is 4.57 Å². The van der Waals surface area contributed by atoms with Gasteiger partial charge in [-0.2, -0.15) is 0 Å². The zero-order chi connectivity index (χ0) is 15.4. The van der Waals surface area contributed by atoms with E-state index in [1.807, 2.05) is 0 Å². The van der Waals surface area contributed by atoms with Gasteiger partial charge in [-0.15, -0.1) is 9.42 Å². The van der Waals surface area contributed by atoms with Crippen molar-refractivity contribution < 1.29 is 33.7 Å². The Labute approximate surface area is 120 Å². The first kappa shape index (κ1) is 19.6. The Hall–Kier alpha value is -0.400. The molecule has 20 heavy (non-hydrogen) atoms. The lowest BCUT2D eigenvalue weighted by atomic mass is 10.2. The Kier molecular flexibility index (Phi) is 12.1. The van der Waals surface area contributed by atoms with E-state index in [0.717, 1.165) is 12.8 Å². The number of aliphatic hydroxyl groups is 2. The van der Waals surface area contributed by atoms with Crippen molar-refractivity contribution in [2.75, 3.05) is 19.8 Å². The van der Waals surface area contributed by atoms with E-state index in [0.29, 0.717) is 18.4 Å². The predicted octanol–water partition coefficient (Wildman–Crippen LogP) is 1.46. The zero-order valence-electron chi connectivity index (χ0n) is 11.7. The molecule has 0 heterocycles. The molecule has 0 aliphatic carbocycles. The minimum absolute atomic E-state index is 0.169. The van der Waals surface area contributed by atoms with E-state index in [9.17, 15) is 14.8 Å². The van der Waals surface area contributed by atoms with Gasteiger partial charge >= 0.3 is 8.25 Å². The van der Waals surface area contributed by atoms with Crippen LogP contribution in [0.15, 0.2) is 12.2 Å². The second-order valence-electron chi connectivity index (χ2n) is 4.32. The van der Waals surface area contributed by atoms with Crippen LogP contribution < -0.4 is 0 Å². The SMILES string of the molecule is C=C(C)C(O)OCCOC(O)CCCCCO[P+](=O)O. The lowest BCUT2D eigenvalue weighted by molar-refractivity contribution is -0.140. The molecule has 0 aromatic heterocycles. The fourth-order valence-electron chi connectivity index (χ4n) is 1.31. The van der Waals surface area contributed by atoms with Crippen molar-refractivity contribution in [2.45, 2.75) is 45.2 Å². The summed E-state index contributed by atoms with van der Waals surface area (Å²) < 4.78 is 24.8. The molecule has 0 aromatic carbocycles. The summed E-state index contributed by atoms with van der Waals surface area (Å²) in [4.78, 5) is 8.38. The van der Waals surface area contributed by atoms with E-state index < -0.39 is 20.8 Å². The molecule has 0 bridgehead atoms. The van der Waals surface area contributed by atoms with Crippen LogP contribution in [-0.2, 0) is 18.6 Å². The third kappa shape index (κ3) is 12.6. The van der Waals surface area contributed by atoms with Crippen molar-refractivity contribution in [3.05, 3.63) is 12.2 Å². The normalized spacial score (nSPS) is 14.9. The van der Waals surface area contributed by atoms with Gasteiger partial charge in [-0.05, 0) is 31.8 Å². The van der Waals surface area contributed by atoms with Crippen LogP contribution in [0.3, 0.4) is 0 Å². The van der Waals surface area contributed by atoms with Crippen molar-refractivity contribution in [3.8, 4) is 0 Å². The van der Waals surface area contributed by atoms with Crippen molar-refractivity contribution in [3.63, 3.8) is 0 Å². The number of hydrogen-bond donors (Lipinski definition) is 3. The second-order valence-corrected chi connectivity index (χ2v) is 5.05. The van der Waals surface area contributed by atoms with E-state index in [2.05, 4.69) is 11.1 Å². The molecule has 0 aliphatic heterocycles. The first-order valence-corrected chi connectivity index (χ1v) is 7.60. The molecule has 0 aliphatic rings. The Morgan fingerprint density at radius 2 is 1.80 bits per heavy atom. The fraction of sp³-hybridized carbons (Fsp3) is 0.833. The van der Waals surface area contributed by atoms with E-state index in [-0.39, 0.29) is 19.8 Å². The number of rotatable bonds is 13. The van der Waals surface area contributed by atoms with Gasteiger partial charge in [-0.25, -0.2) is 0 Å². The quantitative estimate of drug-likeness (QED) is 0.205. The molecule has 0 amide bonds. The predicted molar refractivity (Wildman–Crippen MR) is 73.0 cm³/mol. The standard InChI is InChI=1S/C12H23O7P/c1-10(2)12(14)18-9-8-17-11(13)6-4-3-5-7-19-20(15)16/h11-14H,1,3-9H2,2H3/p+1. The van der Waals surface area contributed by atoms with Gasteiger partial charge in [0.2, 0.25) is 0 Å². The van der Waals surface area contributed by atoms with Crippen LogP contribution in [0, 0.1) is 0 Å². The molecule has 8 heteroatoms. The molecule has 0 rings (SSSR count).